The van der Waals surface area contributed by atoms with E-state index in [0.29, 0.717) is 5.82 Å². The van der Waals surface area contributed by atoms with Gasteiger partial charge in [0.05, 0.1) is 28.0 Å². The summed E-state index contributed by atoms with van der Waals surface area (Å²) in [5.41, 5.74) is 18.0. The van der Waals surface area contributed by atoms with Crippen molar-refractivity contribution in [3.05, 3.63) is 259 Å². The molecule has 68 heavy (non-hydrogen) atoms. The van der Waals surface area contributed by atoms with Crippen LogP contribution in [0.15, 0.2) is 237 Å². The predicted octanol–water partition coefficient (Wildman–Crippen LogP) is 16.3. The molecule has 1 spiro atoms. The van der Waals surface area contributed by atoms with Gasteiger partial charge < -0.3 is 14.4 Å². The lowest BCUT2D eigenvalue weighted by Crippen LogP contribution is -2.32. The number of aromatic nitrogens is 2. The Morgan fingerprint density at radius 2 is 0.882 bits per heavy atom. The number of fused-ring (bicyclic) bond motifs is 12. The van der Waals surface area contributed by atoms with Gasteiger partial charge >= 0.3 is 0 Å². The molecule has 0 saturated carbocycles. The quantitative estimate of drug-likeness (QED) is 0.172. The van der Waals surface area contributed by atoms with Gasteiger partial charge in [0.2, 0.25) is 0 Å². The Bertz CT molecular complexity index is 3760. The molecule has 0 fully saturated rings. The van der Waals surface area contributed by atoms with Crippen LogP contribution in [0.25, 0.3) is 66.9 Å². The van der Waals surface area contributed by atoms with Crippen molar-refractivity contribution < 1.29 is 9.47 Å². The minimum absolute atomic E-state index is 0.577. The van der Waals surface area contributed by atoms with Gasteiger partial charge in [0.25, 0.3) is 0 Å². The maximum absolute atomic E-state index is 6.83. The van der Waals surface area contributed by atoms with Crippen LogP contribution in [0.5, 0.6) is 23.0 Å². The van der Waals surface area contributed by atoms with Crippen molar-refractivity contribution in [2.75, 3.05) is 4.90 Å². The summed E-state index contributed by atoms with van der Waals surface area (Å²) >= 11 is 0. The highest BCUT2D eigenvalue weighted by molar-refractivity contribution is 5.95. The van der Waals surface area contributed by atoms with E-state index < -0.39 is 5.41 Å². The van der Waals surface area contributed by atoms with Gasteiger partial charge in [-0.05, 0) is 105 Å². The van der Waals surface area contributed by atoms with Gasteiger partial charge in [0.1, 0.15) is 11.5 Å². The molecular formula is C63H39N3O2. The standard InChI is InChI=1S/C63H39N3O2/c1-2-14-40(15-3-1)45-33-37-52-60(39-45)67-57-23-11-7-19-51(57)63(52)50-18-6-4-16-47(50)48-36-32-44(38-53(48)63)41-26-28-43(29-27-41)62-64-54-20-8-5-17-49(54)61(65-62)42-30-34-46(35-31-42)66-55-21-9-12-24-58(55)68-59-25-13-10-22-56(59)66/h1-39H. The van der Waals surface area contributed by atoms with E-state index in [1.165, 1.54) is 22.3 Å². The van der Waals surface area contributed by atoms with Gasteiger partial charge in [-0.25, -0.2) is 9.97 Å². The summed E-state index contributed by atoms with van der Waals surface area (Å²) in [7, 11) is 0. The molecule has 14 rings (SSSR count). The van der Waals surface area contributed by atoms with Crippen LogP contribution in [-0.4, -0.2) is 9.97 Å². The van der Waals surface area contributed by atoms with E-state index in [1.54, 1.807) is 0 Å². The highest BCUT2D eigenvalue weighted by atomic mass is 16.5. The van der Waals surface area contributed by atoms with Crippen molar-refractivity contribution in [2.24, 2.45) is 0 Å². The van der Waals surface area contributed by atoms with E-state index in [1.807, 2.05) is 42.5 Å². The van der Waals surface area contributed by atoms with Crippen molar-refractivity contribution in [1.29, 1.82) is 0 Å². The van der Waals surface area contributed by atoms with Crippen LogP contribution in [0, 0.1) is 0 Å². The van der Waals surface area contributed by atoms with Crippen LogP contribution < -0.4 is 14.4 Å². The van der Waals surface area contributed by atoms with Gasteiger partial charge in [-0.15, -0.1) is 0 Å². The fourth-order valence-corrected chi connectivity index (χ4v) is 10.9. The average Bonchev–Trinajstić information content (AvgIpc) is 3.70. The molecule has 0 amide bonds. The first-order valence-electron chi connectivity index (χ1n) is 23.0. The topological polar surface area (TPSA) is 47.5 Å². The first kappa shape index (κ1) is 38.2. The van der Waals surface area contributed by atoms with Crippen molar-refractivity contribution >= 4 is 28.0 Å². The molecule has 3 aliphatic rings. The number of benzene rings is 10. The van der Waals surface area contributed by atoms with E-state index in [0.717, 1.165) is 101 Å². The molecule has 10 aromatic carbocycles. The fourth-order valence-electron chi connectivity index (χ4n) is 10.9. The van der Waals surface area contributed by atoms with Gasteiger partial charge in [0.15, 0.2) is 17.3 Å². The molecule has 5 heteroatoms. The summed E-state index contributed by atoms with van der Waals surface area (Å²) in [5, 5.41) is 1.00. The molecule has 0 N–H and O–H groups in total. The lowest BCUT2D eigenvalue weighted by Gasteiger charge is -2.39. The number of hydrogen-bond acceptors (Lipinski definition) is 5. The second-order valence-corrected chi connectivity index (χ2v) is 17.6. The van der Waals surface area contributed by atoms with Crippen LogP contribution in [-0.2, 0) is 5.41 Å². The SMILES string of the molecule is c1ccc(-c2ccc3c(c2)Oc2ccccc2C32c3ccccc3-c3ccc(-c4ccc(-c5nc(-c6ccc(N7c8ccccc8Oc8ccccc87)cc6)c6ccccc6n5)cc4)cc32)cc1. The molecule has 5 nitrogen and oxygen atoms in total. The molecule has 0 saturated heterocycles. The Morgan fingerprint density at radius 1 is 0.338 bits per heavy atom. The first-order chi connectivity index (χ1) is 33.7. The Balaban J connectivity index is 0.847. The lowest BCUT2D eigenvalue weighted by molar-refractivity contribution is 0.436. The Kier molecular flexibility index (Phi) is 8.43. The van der Waals surface area contributed by atoms with Crippen LogP contribution in [0.4, 0.5) is 17.1 Å². The van der Waals surface area contributed by atoms with Crippen LogP contribution in [0.2, 0.25) is 0 Å². The molecule has 1 aromatic heterocycles. The zero-order valence-electron chi connectivity index (χ0n) is 36.7. The largest absolute Gasteiger partial charge is 0.457 e. The highest BCUT2D eigenvalue weighted by Crippen LogP contribution is 2.63. The monoisotopic (exact) mass is 869 g/mol. The molecule has 0 radical (unpaired) electrons. The third-order valence-electron chi connectivity index (χ3n) is 14.0. The van der Waals surface area contributed by atoms with Gasteiger partial charge in [-0.2, -0.15) is 0 Å². The first-order valence-corrected chi connectivity index (χ1v) is 23.0. The highest BCUT2D eigenvalue weighted by Gasteiger charge is 2.51. The summed E-state index contributed by atoms with van der Waals surface area (Å²) in [5.74, 6) is 4.09. The summed E-state index contributed by atoms with van der Waals surface area (Å²) in [6.07, 6.45) is 0. The van der Waals surface area contributed by atoms with Crippen molar-refractivity contribution in [3.63, 3.8) is 0 Å². The minimum atomic E-state index is -0.577. The average molecular weight is 870 g/mol. The molecule has 2 aliphatic heterocycles. The molecule has 1 atom stereocenters. The molecule has 3 heterocycles. The van der Waals surface area contributed by atoms with Gasteiger partial charge in [0, 0.05) is 33.3 Å². The maximum Gasteiger partial charge on any atom is 0.160 e. The van der Waals surface area contributed by atoms with Crippen molar-refractivity contribution in [2.45, 2.75) is 5.41 Å². The summed E-state index contributed by atoms with van der Waals surface area (Å²) in [4.78, 5) is 12.7. The second-order valence-electron chi connectivity index (χ2n) is 17.6. The molecule has 1 unspecified atom stereocenters. The normalized spacial score (nSPS) is 14.7. The Morgan fingerprint density at radius 3 is 1.68 bits per heavy atom. The van der Waals surface area contributed by atoms with Crippen LogP contribution in [0.3, 0.4) is 0 Å². The summed E-state index contributed by atoms with van der Waals surface area (Å²) < 4.78 is 13.1. The van der Waals surface area contributed by atoms with E-state index in [-0.39, 0.29) is 0 Å². The second kappa shape index (κ2) is 15.0. The lowest BCUT2D eigenvalue weighted by atomic mass is 9.65. The zero-order valence-corrected chi connectivity index (χ0v) is 36.7. The number of para-hydroxylation sites is 6. The Hall–Kier alpha value is -9.06. The molecule has 1 aliphatic carbocycles. The van der Waals surface area contributed by atoms with E-state index >= 15 is 0 Å². The number of anilines is 3. The number of nitrogens with zero attached hydrogens (tertiary/aromatic N) is 3. The maximum atomic E-state index is 6.83. The van der Waals surface area contributed by atoms with E-state index in [9.17, 15) is 0 Å². The summed E-state index contributed by atoms with van der Waals surface area (Å²) in [6, 6.07) is 83.7. The minimum Gasteiger partial charge on any atom is -0.457 e. The fraction of sp³-hybridized carbons (Fsp3) is 0.0159. The van der Waals surface area contributed by atoms with Gasteiger partial charge in [-0.3, -0.25) is 0 Å². The van der Waals surface area contributed by atoms with Crippen molar-refractivity contribution in [1.82, 2.24) is 9.97 Å². The third-order valence-corrected chi connectivity index (χ3v) is 14.0. The summed E-state index contributed by atoms with van der Waals surface area (Å²) in [6.45, 7) is 0. The van der Waals surface area contributed by atoms with Crippen LogP contribution in [0.1, 0.15) is 22.3 Å². The third kappa shape index (κ3) is 5.76. The van der Waals surface area contributed by atoms with Crippen molar-refractivity contribution in [3.8, 4) is 79.0 Å². The van der Waals surface area contributed by atoms with E-state index in [4.69, 9.17) is 19.4 Å². The molecular weight excluding hydrogens is 831 g/mol. The van der Waals surface area contributed by atoms with E-state index in [2.05, 4.69) is 199 Å². The van der Waals surface area contributed by atoms with Crippen LogP contribution >= 0.6 is 0 Å². The smallest absolute Gasteiger partial charge is 0.160 e. The number of rotatable bonds is 5. The molecule has 0 bridgehead atoms. The number of ether oxygens (including phenoxy) is 2. The number of hydrogen-bond donors (Lipinski definition) is 0. The van der Waals surface area contributed by atoms with Gasteiger partial charge in [-0.1, -0.05) is 176 Å². The Labute approximate surface area is 393 Å². The molecule has 11 aromatic rings. The zero-order chi connectivity index (χ0) is 44.8. The molecule has 318 valence electrons. The predicted molar refractivity (Wildman–Crippen MR) is 273 cm³/mol.